The Bertz CT molecular complexity index is 787. The highest BCUT2D eigenvalue weighted by atomic mass is 32.1. The highest BCUT2D eigenvalue weighted by Gasteiger charge is 2.07. The van der Waals surface area contributed by atoms with Crippen LogP contribution in [0.5, 0.6) is 0 Å². The highest BCUT2D eigenvalue weighted by Crippen LogP contribution is 2.23. The molecule has 5 heteroatoms. The molecule has 0 saturated heterocycles. The summed E-state index contributed by atoms with van der Waals surface area (Å²) in [5, 5.41) is 5.96. The van der Waals surface area contributed by atoms with Crippen molar-refractivity contribution in [1.82, 2.24) is 15.3 Å². The summed E-state index contributed by atoms with van der Waals surface area (Å²) in [4.78, 5) is 20.7. The molecular weight excluding hydrogens is 330 g/mol. The number of thiazole rings is 1. The Morgan fingerprint density at radius 3 is 2.76 bits per heavy atom. The predicted molar refractivity (Wildman–Crippen MR) is 101 cm³/mol. The molecule has 1 aromatic carbocycles. The molecule has 0 aliphatic carbocycles. The van der Waals surface area contributed by atoms with Gasteiger partial charge < -0.3 is 5.32 Å². The lowest BCUT2D eigenvalue weighted by Gasteiger charge is -2.05. The first-order valence-electron chi connectivity index (χ1n) is 8.47. The molecule has 0 atom stereocenters. The molecule has 1 N–H and O–H groups in total. The fraction of sp³-hybridized carbons (Fsp3) is 0.250. The number of carbonyl (C=O) groups excluding carboxylic acids is 1. The summed E-state index contributed by atoms with van der Waals surface area (Å²) in [7, 11) is 0. The highest BCUT2D eigenvalue weighted by molar-refractivity contribution is 7.13. The third-order valence-corrected chi connectivity index (χ3v) is 4.82. The van der Waals surface area contributed by atoms with E-state index in [2.05, 4.69) is 27.4 Å². The number of benzene rings is 1. The lowest BCUT2D eigenvalue weighted by molar-refractivity contribution is -0.121. The van der Waals surface area contributed by atoms with E-state index in [-0.39, 0.29) is 5.91 Å². The van der Waals surface area contributed by atoms with Gasteiger partial charge in [0.15, 0.2) is 0 Å². The Balaban J connectivity index is 1.37. The van der Waals surface area contributed by atoms with Crippen LogP contribution in [0.1, 0.15) is 24.1 Å². The predicted octanol–water partition coefficient (Wildman–Crippen LogP) is 3.89. The first kappa shape index (κ1) is 17.3. The summed E-state index contributed by atoms with van der Waals surface area (Å²) in [5.74, 6) is 0.0870. The quantitative estimate of drug-likeness (QED) is 0.627. The van der Waals surface area contributed by atoms with Crippen LogP contribution >= 0.6 is 11.3 Å². The van der Waals surface area contributed by atoms with Crippen molar-refractivity contribution in [3.05, 3.63) is 71.5 Å². The molecule has 4 nitrogen and oxygen atoms in total. The van der Waals surface area contributed by atoms with Gasteiger partial charge in [0.2, 0.25) is 5.91 Å². The van der Waals surface area contributed by atoms with Gasteiger partial charge in [0.25, 0.3) is 0 Å². The van der Waals surface area contributed by atoms with Crippen molar-refractivity contribution >= 4 is 17.2 Å². The third kappa shape index (κ3) is 5.50. The van der Waals surface area contributed by atoms with E-state index < -0.39 is 0 Å². The van der Waals surface area contributed by atoms with Crippen LogP contribution in [0.2, 0.25) is 0 Å². The van der Waals surface area contributed by atoms with Gasteiger partial charge in [0.05, 0.1) is 5.69 Å². The van der Waals surface area contributed by atoms with Gasteiger partial charge in [-0.15, -0.1) is 11.3 Å². The van der Waals surface area contributed by atoms with E-state index in [1.54, 1.807) is 17.5 Å². The zero-order valence-corrected chi connectivity index (χ0v) is 14.8. The Morgan fingerprint density at radius 2 is 1.96 bits per heavy atom. The van der Waals surface area contributed by atoms with Crippen molar-refractivity contribution in [2.45, 2.75) is 25.7 Å². The van der Waals surface area contributed by atoms with Gasteiger partial charge in [-0.2, -0.15) is 0 Å². The molecule has 0 bridgehead atoms. The standard InChI is InChI=1S/C20H21N3OS/c24-19(22-13-4-8-16-6-2-1-3-7-16)11-10-18-15-25-20(23-18)17-9-5-12-21-14-17/h1-3,5-7,9,12,14-15H,4,8,10-11,13H2,(H,22,24). The van der Waals surface area contributed by atoms with Gasteiger partial charge in [-0.1, -0.05) is 30.3 Å². The minimum absolute atomic E-state index is 0.0870. The third-order valence-electron chi connectivity index (χ3n) is 3.88. The second kappa shape index (κ2) is 9.08. The molecule has 0 unspecified atom stereocenters. The average Bonchev–Trinajstić information content (AvgIpc) is 3.14. The molecule has 2 aromatic heterocycles. The number of hydrogen-bond donors (Lipinski definition) is 1. The fourth-order valence-corrected chi connectivity index (χ4v) is 3.38. The van der Waals surface area contributed by atoms with E-state index in [1.807, 2.05) is 41.9 Å². The number of rotatable bonds is 8. The zero-order valence-electron chi connectivity index (χ0n) is 14.0. The van der Waals surface area contributed by atoms with Gasteiger partial charge in [-0.3, -0.25) is 9.78 Å². The Hall–Kier alpha value is -2.53. The summed E-state index contributed by atoms with van der Waals surface area (Å²) in [6.07, 6.45) is 6.64. The summed E-state index contributed by atoms with van der Waals surface area (Å²) in [5.41, 5.74) is 3.29. The van der Waals surface area contributed by atoms with Crippen LogP contribution in [0.25, 0.3) is 10.6 Å². The summed E-state index contributed by atoms with van der Waals surface area (Å²) in [6.45, 7) is 0.714. The average molecular weight is 351 g/mol. The zero-order chi connectivity index (χ0) is 17.3. The van der Waals surface area contributed by atoms with E-state index >= 15 is 0 Å². The second-order valence-electron chi connectivity index (χ2n) is 5.82. The maximum atomic E-state index is 12.0. The molecule has 0 saturated carbocycles. The van der Waals surface area contributed by atoms with Crippen LogP contribution in [-0.2, 0) is 17.6 Å². The fourth-order valence-electron chi connectivity index (χ4n) is 2.54. The lowest BCUT2D eigenvalue weighted by atomic mass is 10.1. The van der Waals surface area contributed by atoms with Crippen molar-refractivity contribution in [2.24, 2.45) is 0 Å². The van der Waals surface area contributed by atoms with Gasteiger partial charge in [0.1, 0.15) is 5.01 Å². The smallest absolute Gasteiger partial charge is 0.220 e. The Labute approximate surface area is 152 Å². The van der Waals surface area contributed by atoms with Gasteiger partial charge >= 0.3 is 0 Å². The molecule has 3 aromatic rings. The normalized spacial score (nSPS) is 10.6. The molecule has 3 rings (SSSR count). The first-order chi connectivity index (χ1) is 12.3. The van der Waals surface area contributed by atoms with E-state index in [0.29, 0.717) is 19.4 Å². The number of nitrogens with one attached hydrogen (secondary N) is 1. The Kier molecular flexibility index (Phi) is 6.29. The maximum absolute atomic E-state index is 12.0. The topological polar surface area (TPSA) is 54.9 Å². The maximum Gasteiger partial charge on any atom is 0.220 e. The van der Waals surface area contributed by atoms with E-state index in [4.69, 9.17) is 0 Å². The molecule has 1 amide bonds. The SMILES string of the molecule is O=C(CCc1csc(-c2cccnc2)n1)NCCCc1ccccc1. The Morgan fingerprint density at radius 1 is 1.08 bits per heavy atom. The number of aromatic nitrogens is 2. The lowest BCUT2D eigenvalue weighted by Crippen LogP contribution is -2.25. The monoisotopic (exact) mass is 351 g/mol. The van der Waals surface area contributed by atoms with Crippen LogP contribution in [0.3, 0.4) is 0 Å². The van der Waals surface area contributed by atoms with Crippen molar-refractivity contribution in [3.8, 4) is 10.6 Å². The molecule has 128 valence electrons. The second-order valence-corrected chi connectivity index (χ2v) is 6.68. The minimum atomic E-state index is 0.0870. The van der Waals surface area contributed by atoms with Gasteiger partial charge in [-0.25, -0.2) is 4.98 Å². The minimum Gasteiger partial charge on any atom is -0.356 e. The number of amides is 1. The number of hydrogen-bond acceptors (Lipinski definition) is 4. The number of nitrogens with zero attached hydrogens (tertiary/aromatic N) is 2. The van der Waals surface area contributed by atoms with Crippen molar-refractivity contribution < 1.29 is 4.79 Å². The molecule has 0 aliphatic heterocycles. The van der Waals surface area contributed by atoms with Crippen LogP contribution in [0.15, 0.2) is 60.2 Å². The van der Waals surface area contributed by atoms with E-state index in [9.17, 15) is 4.79 Å². The number of pyridine rings is 1. The summed E-state index contributed by atoms with van der Waals surface area (Å²) >= 11 is 1.59. The van der Waals surface area contributed by atoms with Crippen LogP contribution in [0.4, 0.5) is 0 Å². The van der Waals surface area contributed by atoms with Crippen LogP contribution in [-0.4, -0.2) is 22.4 Å². The molecular formula is C20H21N3OS. The van der Waals surface area contributed by atoms with Gasteiger partial charge in [0, 0.05) is 36.3 Å². The number of carbonyl (C=O) groups is 1. The van der Waals surface area contributed by atoms with Crippen LogP contribution < -0.4 is 5.32 Å². The van der Waals surface area contributed by atoms with Crippen molar-refractivity contribution in [3.63, 3.8) is 0 Å². The number of aryl methyl sites for hydroxylation is 2. The van der Waals surface area contributed by atoms with Crippen molar-refractivity contribution in [1.29, 1.82) is 0 Å². The molecule has 0 radical (unpaired) electrons. The molecule has 0 fully saturated rings. The first-order valence-corrected chi connectivity index (χ1v) is 9.34. The largest absolute Gasteiger partial charge is 0.356 e. The molecule has 25 heavy (non-hydrogen) atoms. The van der Waals surface area contributed by atoms with Gasteiger partial charge in [-0.05, 0) is 37.0 Å². The van der Waals surface area contributed by atoms with E-state index in [1.165, 1.54) is 5.56 Å². The van der Waals surface area contributed by atoms with Crippen LogP contribution in [0, 0.1) is 0 Å². The van der Waals surface area contributed by atoms with Crippen molar-refractivity contribution in [2.75, 3.05) is 6.54 Å². The summed E-state index contributed by atoms with van der Waals surface area (Å²) in [6, 6.07) is 14.2. The molecule has 0 spiro atoms. The molecule has 0 aliphatic rings. The van der Waals surface area contributed by atoms with E-state index in [0.717, 1.165) is 29.1 Å². The molecule has 2 heterocycles. The summed E-state index contributed by atoms with van der Waals surface area (Å²) < 4.78 is 0.